The third-order valence-corrected chi connectivity index (χ3v) is 6.34. The molecule has 2 aromatic heterocycles. The number of carbonyl (C=O) groups is 2. The van der Waals surface area contributed by atoms with Crippen LogP contribution in [0.15, 0.2) is 12.7 Å². The molecule has 1 saturated heterocycles. The van der Waals surface area contributed by atoms with Crippen LogP contribution in [0.25, 0.3) is 11.2 Å². The van der Waals surface area contributed by atoms with E-state index < -0.39 is 24.5 Å². The summed E-state index contributed by atoms with van der Waals surface area (Å²) in [6, 6.07) is -0.101. The summed E-state index contributed by atoms with van der Waals surface area (Å²) in [6.45, 7) is 3.63. The fraction of sp³-hybridized carbons (Fsp3) is 0.696. The monoisotopic (exact) mass is 491 g/mol. The maximum atomic E-state index is 12.0. The van der Waals surface area contributed by atoms with Gasteiger partial charge in [-0.15, -0.1) is 0 Å². The molecule has 12 heteroatoms. The van der Waals surface area contributed by atoms with Gasteiger partial charge >= 0.3 is 11.9 Å². The van der Waals surface area contributed by atoms with Gasteiger partial charge in [0.1, 0.15) is 37.4 Å². The Balaban J connectivity index is 1.48. The number of aliphatic hydroxyl groups excluding tert-OH is 2. The Kier molecular flexibility index (Phi) is 8.14. The van der Waals surface area contributed by atoms with Crippen LogP contribution in [0, 0.1) is 0 Å². The average Bonchev–Trinajstić information content (AvgIpc) is 3.52. The van der Waals surface area contributed by atoms with Gasteiger partial charge in [0.25, 0.3) is 0 Å². The van der Waals surface area contributed by atoms with Crippen molar-refractivity contribution in [3.05, 3.63) is 12.7 Å². The molecule has 3 heterocycles. The lowest BCUT2D eigenvalue weighted by Crippen LogP contribution is -2.34. The Morgan fingerprint density at radius 2 is 1.89 bits per heavy atom. The second-order valence-electron chi connectivity index (χ2n) is 8.99. The molecule has 0 radical (unpaired) electrons. The van der Waals surface area contributed by atoms with Gasteiger partial charge in [-0.3, -0.25) is 14.2 Å². The Hall–Kier alpha value is -2.83. The molecular formula is C23H33N5O7. The average molecular weight is 492 g/mol. The van der Waals surface area contributed by atoms with Crippen molar-refractivity contribution in [2.75, 3.05) is 11.9 Å². The molecule has 4 rings (SSSR count). The number of rotatable bonds is 10. The highest BCUT2D eigenvalue weighted by Gasteiger charge is 2.45. The molecule has 1 aliphatic carbocycles. The highest BCUT2D eigenvalue weighted by atomic mass is 16.6. The second kappa shape index (κ2) is 11.3. The number of nitrogens with zero attached hydrogens (tertiary/aromatic N) is 4. The standard InChI is InChI=1S/C23H33N5O7/c1-3-6-16(29)33-10-15-19(31)20(32)23(35-15)28-12-26-18-21(24-11-25-22(18)28)27-13-8-5-9-14(13)34-17(30)7-4-2/h11-15,19-20,23,31-32H,3-10H2,1-2H3,(H,24,25,27)/t13?,14-,15?,19+,20+,23?/m0/s1. The maximum absolute atomic E-state index is 12.0. The van der Waals surface area contributed by atoms with Crippen LogP contribution in [0.1, 0.15) is 65.0 Å². The van der Waals surface area contributed by atoms with E-state index in [9.17, 15) is 19.8 Å². The van der Waals surface area contributed by atoms with E-state index in [4.69, 9.17) is 14.2 Å². The molecule has 35 heavy (non-hydrogen) atoms. The maximum Gasteiger partial charge on any atom is 0.306 e. The van der Waals surface area contributed by atoms with Crippen LogP contribution in [0.2, 0.25) is 0 Å². The normalized spacial score (nSPS) is 28.3. The molecule has 6 atom stereocenters. The van der Waals surface area contributed by atoms with Crippen molar-refractivity contribution in [3.8, 4) is 0 Å². The van der Waals surface area contributed by atoms with Crippen LogP contribution in [0.3, 0.4) is 0 Å². The van der Waals surface area contributed by atoms with Crippen LogP contribution in [0.5, 0.6) is 0 Å². The summed E-state index contributed by atoms with van der Waals surface area (Å²) in [6.07, 6.45) is 2.79. The van der Waals surface area contributed by atoms with E-state index in [2.05, 4.69) is 20.3 Å². The lowest BCUT2D eigenvalue weighted by molar-refractivity contribution is -0.150. The molecule has 3 unspecified atom stereocenters. The summed E-state index contributed by atoms with van der Waals surface area (Å²) in [4.78, 5) is 36.7. The molecule has 3 N–H and O–H groups in total. The number of aliphatic hydroxyl groups is 2. The highest BCUT2D eigenvalue weighted by molar-refractivity contribution is 5.83. The third kappa shape index (κ3) is 5.54. The van der Waals surface area contributed by atoms with Gasteiger partial charge in [-0.1, -0.05) is 13.8 Å². The van der Waals surface area contributed by atoms with Crippen molar-refractivity contribution in [1.82, 2.24) is 19.5 Å². The number of fused-ring (bicyclic) bond motifs is 1. The van der Waals surface area contributed by atoms with Crippen molar-refractivity contribution in [3.63, 3.8) is 0 Å². The molecule has 192 valence electrons. The van der Waals surface area contributed by atoms with Crippen molar-refractivity contribution in [1.29, 1.82) is 0 Å². The number of hydrogen-bond donors (Lipinski definition) is 3. The summed E-state index contributed by atoms with van der Waals surface area (Å²) in [5.74, 6) is -0.109. The van der Waals surface area contributed by atoms with Gasteiger partial charge in [0, 0.05) is 12.8 Å². The van der Waals surface area contributed by atoms with Crippen molar-refractivity contribution in [2.45, 2.75) is 95.5 Å². The molecule has 1 saturated carbocycles. The van der Waals surface area contributed by atoms with Crippen molar-refractivity contribution < 1.29 is 34.0 Å². The molecule has 2 aliphatic rings. The predicted octanol–water partition coefficient (Wildman–Crippen LogP) is 1.47. The van der Waals surface area contributed by atoms with E-state index in [1.807, 2.05) is 13.8 Å². The summed E-state index contributed by atoms with van der Waals surface area (Å²) in [5.41, 5.74) is 0.862. The predicted molar refractivity (Wildman–Crippen MR) is 123 cm³/mol. The summed E-state index contributed by atoms with van der Waals surface area (Å²) < 4.78 is 18.2. The second-order valence-corrected chi connectivity index (χ2v) is 8.99. The van der Waals surface area contributed by atoms with Gasteiger partial charge in [-0.25, -0.2) is 15.0 Å². The van der Waals surface area contributed by atoms with Crippen molar-refractivity contribution >= 4 is 28.9 Å². The number of hydrogen-bond acceptors (Lipinski definition) is 11. The molecule has 1 aliphatic heterocycles. The van der Waals surface area contributed by atoms with E-state index in [0.717, 1.165) is 25.7 Å². The number of nitrogens with one attached hydrogen (secondary N) is 1. The van der Waals surface area contributed by atoms with Gasteiger partial charge in [-0.2, -0.15) is 0 Å². The van der Waals surface area contributed by atoms with Crippen LogP contribution >= 0.6 is 0 Å². The summed E-state index contributed by atoms with van der Waals surface area (Å²) in [7, 11) is 0. The van der Waals surface area contributed by atoms with E-state index >= 15 is 0 Å². The first kappa shape index (κ1) is 25.3. The zero-order valence-corrected chi connectivity index (χ0v) is 20.0. The molecule has 0 spiro atoms. The molecule has 0 aromatic carbocycles. The minimum atomic E-state index is -1.27. The Labute approximate surface area is 203 Å². The van der Waals surface area contributed by atoms with Gasteiger partial charge in [0.05, 0.1) is 12.4 Å². The minimum absolute atomic E-state index is 0.101. The smallest absolute Gasteiger partial charge is 0.306 e. The first-order chi connectivity index (χ1) is 16.9. The van der Waals surface area contributed by atoms with Crippen LogP contribution < -0.4 is 5.32 Å². The molecule has 2 aromatic rings. The number of aromatic nitrogens is 4. The zero-order chi connectivity index (χ0) is 24.9. The molecule has 2 fully saturated rings. The molecule has 0 amide bonds. The van der Waals surface area contributed by atoms with E-state index in [1.54, 1.807) is 0 Å². The molecule has 0 bridgehead atoms. The Morgan fingerprint density at radius 3 is 2.66 bits per heavy atom. The van der Waals surface area contributed by atoms with Gasteiger partial charge < -0.3 is 29.7 Å². The number of imidazole rings is 1. The van der Waals surface area contributed by atoms with E-state index in [-0.39, 0.29) is 37.1 Å². The van der Waals surface area contributed by atoms with E-state index in [0.29, 0.717) is 29.8 Å². The fourth-order valence-electron chi connectivity index (χ4n) is 4.53. The van der Waals surface area contributed by atoms with E-state index in [1.165, 1.54) is 17.2 Å². The lowest BCUT2D eigenvalue weighted by Gasteiger charge is -2.22. The fourth-order valence-corrected chi connectivity index (χ4v) is 4.53. The van der Waals surface area contributed by atoms with Crippen LogP contribution in [0.4, 0.5) is 5.82 Å². The number of anilines is 1. The van der Waals surface area contributed by atoms with Crippen LogP contribution in [-0.2, 0) is 23.8 Å². The van der Waals surface area contributed by atoms with Gasteiger partial charge in [0.2, 0.25) is 0 Å². The molecular weight excluding hydrogens is 458 g/mol. The topological polar surface area (TPSA) is 158 Å². The first-order valence-electron chi connectivity index (χ1n) is 12.2. The van der Waals surface area contributed by atoms with Gasteiger partial charge in [-0.05, 0) is 32.1 Å². The Bertz CT molecular complexity index is 1030. The largest absolute Gasteiger partial charge is 0.463 e. The van der Waals surface area contributed by atoms with Crippen molar-refractivity contribution in [2.24, 2.45) is 0 Å². The lowest BCUT2D eigenvalue weighted by atomic mass is 10.1. The van der Waals surface area contributed by atoms with Crippen LogP contribution in [-0.4, -0.2) is 78.7 Å². The SMILES string of the molecule is CCCC(=O)OCC1OC(n2cnc3c(NC4CCC[C@@H]4OC(=O)CCC)ncnc32)[C@H](O)[C@@H]1O. The Morgan fingerprint density at radius 1 is 1.11 bits per heavy atom. The highest BCUT2D eigenvalue weighted by Crippen LogP contribution is 2.33. The number of carbonyl (C=O) groups excluding carboxylic acids is 2. The first-order valence-corrected chi connectivity index (χ1v) is 12.2. The van der Waals surface area contributed by atoms with Gasteiger partial charge in [0.15, 0.2) is 23.2 Å². The third-order valence-electron chi connectivity index (χ3n) is 6.34. The quantitative estimate of drug-likeness (QED) is 0.413. The number of ether oxygens (including phenoxy) is 3. The summed E-state index contributed by atoms with van der Waals surface area (Å²) in [5, 5.41) is 24.4. The zero-order valence-electron chi connectivity index (χ0n) is 20.0. The number of esters is 2. The minimum Gasteiger partial charge on any atom is -0.463 e. The summed E-state index contributed by atoms with van der Waals surface area (Å²) >= 11 is 0. The molecule has 12 nitrogen and oxygen atoms in total.